The van der Waals surface area contributed by atoms with Crippen LogP contribution in [0, 0.1) is 0 Å². The molecule has 5 nitrogen and oxygen atoms in total. The molecular weight excluding hydrogens is 489 g/mol. The molecule has 1 aromatic heterocycles. The van der Waals surface area contributed by atoms with Crippen LogP contribution in [0.1, 0.15) is 45.0 Å². The largest absolute Gasteiger partial charge is 0.488 e. The molecule has 0 aliphatic heterocycles. The van der Waals surface area contributed by atoms with E-state index in [0.717, 1.165) is 17.3 Å². The van der Waals surface area contributed by atoms with Crippen LogP contribution in [-0.4, -0.2) is 22.0 Å². The van der Waals surface area contributed by atoms with Crippen molar-refractivity contribution in [2.24, 2.45) is 5.10 Å². The van der Waals surface area contributed by atoms with Crippen LogP contribution in [0.25, 0.3) is 10.9 Å². The first-order chi connectivity index (χ1) is 14.3. The molecule has 30 heavy (non-hydrogen) atoms. The summed E-state index contributed by atoms with van der Waals surface area (Å²) in [6.45, 7) is 5.89. The van der Waals surface area contributed by atoms with Gasteiger partial charge in [-0.15, -0.1) is 0 Å². The highest BCUT2D eigenvalue weighted by Gasteiger charge is 2.13. The third-order valence-electron chi connectivity index (χ3n) is 4.33. The fourth-order valence-electron chi connectivity index (χ4n) is 2.94. The summed E-state index contributed by atoms with van der Waals surface area (Å²) < 4.78 is 7.82. The van der Waals surface area contributed by atoms with Gasteiger partial charge in [-0.2, -0.15) is 9.78 Å². The number of aryl methyl sites for hydroxylation is 1. The highest BCUT2D eigenvalue weighted by Crippen LogP contribution is 2.34. The normalized spacial score (nSPS) is 11.7. The molecule has 0 spiro atoms. The van der Waals surface area contributed by atoms with Crippen LogP contribution in [0.5, 0.6) is 5.75 Å². The van der Waals surface area contributed by atoms with Gasteiger partial charge in [-0.25, -0.2) is 4.98 Å². The lowest BCUT2D eigenvalue weighted by Crippen LogP contribution is -2.22. The third kappa shape index (κ3) is 5.23. The molecule has 0 atom stereocenters. The summed E-state index contributed by atoms with van der Waals surface area (Å²) in [4.78, 5) is 17.8. The summed E-state index contributed by atoms with van der Waals surface area (Å²) in [5, 5.41) is 5.70. The molecular formula is C22H22BrCl2N3O2. The lowest BCUT2D eigenvalue weighted by Gasteiger charge is -2.13. The monoisotopic (exact) mass is 509 g/mol. The van der Waals surface area contributed by atoms with Crippen LogP contribution in [0.2, 0.25) is 10.0 Å². The molecule has 2 aromatic carbocycles. The Morgan fingerprint density at radius 1 is 1.23 bits per heavy atom. The Bertz CT molecular complexity index is 1140. The van der Waals surface area contributed by atoms with E-state index in [-0.39, 0.29) is 11.7 Å². The van der Waals surface area contributed by atoms with Gasteiger partial charge in [-0.05, 0) is 56.2 Å². The van der Waals surface area contributed by atoms with Crippen molar-refractivity contribution in [2.45, 2.75) is 46.1 Å². The molecule has 0 fully saturated rings. The number of ether oxygens (including phenoxy) is 1. The molecule has 1 heterocycles. The number of benzene rings is 2. The molecule has 0 saturated heterocycles. The molecule has 0 amide bonds. The van der Waals surface area contributed by atoms with Crippen molar-refractivity contribution >= 4 is 56.2 Å². The first-order valence-electron chi connectivity index (χ1n) is 9.71. The highest BCUT2D eigenvalue weighted by atomic mass is 79.9. The average Bonchev–Trinajstić information content (AvgIpc) is 2.69. The van der Waals surface area contributed by atoms with Gasteiger partial charge in [-0.3, -0.25) is 4.79 Å². The molecule has 8 heteroatoms. The highest BCUT2D eigenvalue weighted by molar-refractivity contribution is 9.10. The fourth-order valence-corrected chi connectivity index (χ4v) is 3.89. The molecule has 0 aliphatic rings. The molecule has 0 bridgehead atoms. The maximum Gasteiger partial charge on any atom is 0.282 e. The Morgan fingerprint density at radius 2 is 1.93 bits per heavy atom. The quantitative estimate of drug-likeness (QED) is 0.342. The van der Waals surface area contributed by atoms with E-state index in [1.54, 1.807) is 24.4 Å². The Kier molecular flexibility index (Phi) is 7.55. The van der Waals surface area contributed by atoms with Crippen molar-refractivity contribution in [3.63, 3.8) is 0 Å². The maximum atomic E-state index is 13.1. The summed E-state index contributed by atoms with van der Waals surface area (Å²) in [6.07, 6.45) is 4.04. The molecule has 0 radical (unpaired) electrons. The lowest BCUT2D eigenvalue weighted by molar-refractivity contribution is 0.243. The number of hydrogen-bond donors (Lipinski definition) is 0. The minimum absolute atomic E-state index is 0.0535. The van der Waals surface area contributed by atoms with E-state index in [9.17, 15) is 4.79 Å². The van der Waals surface area contributed by atoms with Crippen molar-refractivity contribution < 1.29 is 4.74 Å². The van der Waals surface area contributed by atoms with Gasteiger partial charge in [-0.1, -0.05) is 52.5 Å². The molecule has 0 unspecified atom stereocenters. The topological polar surface area (TPSA) is 56.5 Å². The Morgan fingerprint density at radius 3 is 2.57 bits per heavy atom. The fraction of sp³-hybridized carbons (Fsp3) is 0.318. The van der Waals surface area contributed by atoms with Gasteiger partial charge >= 0.3 is 0 Å². The van der Waals surface area contributed by atoms with Crippen molar-refractivity contribution in [2.75, 3.05) is 0 Å². The molecule has 3 aromatic rings. The van der Waals surface area contributed by atoms with Crippen LogP contribution < -0.4 is 10.3 Å². The van der Waals surface area contributed by atoms with Crippen LogP contribution >= 0.6 is 39.1 Å². The van der Waals surface area contributed by atoms with Gasteiger partial charge in [0, 0.05) is 10.9 Å². The van der Waals surface area contributed by atoms with E-state index in [2.05, 4.69) is 32.9 Å². The predicted molar refractivity (Wildman–Crippen MR) is 128 cm³/mol. The van der Waals surface area contributed by atoms with Crippen LogP contribution in [-0.2, 0) is 6.42 Å². The van der Waals surface area contributed by atoms with E-state index in [1.165, 1.54) is 4.68 Å². The Balaban J connectivity index is 2.06. The number of hydrogen-bond acceptors (Lipinski definition) is 4. The Hall–Kier alpha value is -1.89. The standard InChI is InChI=1S/C22H22BrCl2N3O2/c1-4-5-6-20-27-19-8-7-15(23)11-16(19)22(29)28(20)26-12-14-9-17(24)21(18(25)10-14)30-13(2)3/h7-13H,4-6H2,1-3H3. The van der Waals surface area contributed by atoms with Gasteiger partial charge < -0.3 is 4.74 Å². The first kappa shape index (κ1) is 22.8. The van der Waals surface area contributed by atoms with Crippen molar-refractivity contribution in [1.82, 2.24) is 9.66 Å². The summed E-state index contributed by atoms with van der Waals surface area (Å²) >= 11 is 16.1. The van der Waals surface area contributed by atoms with E-state index < -0.39 is 0 Å². The number of halogens is 3. The van der Waals surface area contributed by atoms with Crippen LogP contribution in [0.4, 0.5) is 0 Å². The third-order valence-corrected chi connectivity index (χ3v) is 5.38. The van der Waals surface area contributed by atoms with E-state index in [0.29, 0.717) is 44.5 Å². The van der Waals surface area contributed by atoms with Gasteiger partial charge in [0.05, 0.1) is 33.3 Å². The summed E-state index contributed by atoms with van der Waals surface area (Å²) in [5.41, 5.74) is 1.09. The maximum absolute atomic E-state index is 13.1. The predicted octanol–water partition coefficient (Wildman–Crippen LogP) is 6.48. The minimum Gasteiger partial charge on any atom is -0.488 e. The molecule has 0 aliphatic carbocycles. The van der Waals surface area contributed by atoms with Crippen LogP contribution in [0.3, 0.4) is 0 Å². The molecule has 0 N–H and O–H groups in total. The molecule has 0 saturated carbocycles. The van der Waals surface area contributed by atoms with Gasteiger partial charge in [0.15, 0.2) is 5.75 Å². The van der Waals surface area contributed by atoms with Gasteiger partial charge in [0.25, 0.3) is 5.56 Å². The zero-order chi connectivity index (χ0) is 21.8. The number of fused-ring (bicyclic) bond motifs is 1. The zero-order valence-electron chi connectivity index (χ0n) is 17.0. The smallest absolute Gasteiger partial charge is 0.282 e. The second-order valence-electron chi connectivity index (χ2n) is 7.13. The summed E-state index contributed by atoms with van der Waals surface area (Å²) in [7, 11) is 0. The van der Waals surface area contributed by atoms with E-state index >= 15 is 0 Å². The second-order valence-corrected chi connectivity index (χ2v) is 8.86. The number of unbranched alkanes of at least 4 members (excludes halogenated alkanes) is 1. The molecule has 158 valence electrons. The number of rotatable bonds is 7. The van der Waals surface area contributed by atoms with Crippen molar-refractivity contribution in [1.29, 1.82) is 0 Å². The lowest BCUT2D eigenvalue weighted by atomic mass is 10.2. The van der Waals surface area contributed by atoms with E-state index in [4.69, 9.17) is 27.9 Å². The van der Waals surface area contributed by atoms with Crippen molar-refractivity contribution in [3.8, 4) is 5.75 Å². The second kappa shape index (κ2) is 9.94. The first-order valence-corrected chi connectivity index (χ1v) is 11.3. The zero-order valence-corrected chi connectivity index (χ0v) is 20.1. The summed E-state index contributed by atoms with van der Waals surface area (Å²) in [5.74, 6) is 1.05. The van der Waals surface area contributed by atoms with Gasteiger partial charge in [0.1, 0.15) is 5.82 Å². The van der Waals surface area contributed by atoms with Crippen molar-refractivity contribution in [3.05, 3.63) is 66.6 Å². The number of aromatic nitrogens is 2. The summed E-state index contributed by atoms with van der Waals surface area (Å²) in [6, 6.07) is 8.87. The Labute approximate surface area is 193 Å². The average molecular weight is 511 g/mol. The number of nitrogens with zero attached hydrogens (tertiary/aromatic N) is 3. The SMILES string of the molecule is CCCCc1nc2ccc(Br)cc2c(=O)n1N=Cc1cc(Cl)c(OC(C)C)c(Cl)c1. The minimum atomic E-state index is -0.222. The van der Waals surface area contributed by atoms with E-state index in [1.807, 2.05) is 26.0 Å². The van der Waals surface area contributed by atoms with Gasteiger partial charge in [0.2, 0.25) is 0 Å². The molecule has 3 rings (SSSR count). The van der Waals surface area contributed by atoms with Crippen LogP contribution in [0.15, 0.2) is 44.7 Å².